The second kappa shape index (κ2) is 11.1. The molecule has 0 unspecified atom stereocenters. The zero-order valence-corrected chi connectivity index (χ0v) is 24.6. The minimum absolute atomic E-state index is 0.0191. The molecule has 2 aliphatic rings. The number of hydrogen-bond donors (Lipinski definition) is 2. The van der Waals surface area contributed by atoms with Gasteiger partial charge in [-0.25, -0.2) is 12.7 Å². The predicted octanol–water partition coefficient (Wildman–Crippen LogP) is 5.90. The van der Waals surface area contributed by atoms with Gasteiger partial charge in [0.05, 0.1) is 23.8 Å². The van der Waals surface area contributed by atoms with E-state index in [0.717, 1.165) is 60.9 Å². The van der Waals surface area contributed by atoms with Gasteiger partial charge in [-0.1, -0.05) is 24.3 Å². The van der Waals surface area contributed by atoms with E-state index in [-0.39, 0.29) is 23.4 Å². The monoisotopic (exact) mass is 566 g/mol. The van der Waals surface area contributed by atoms with E-state index in [4.69, 9.17) is 10.7 Å². The van der Waals surface area contributed by atoms with Crippen LogP contribution in [-0.4, -0.2) is 43.0 Å². The lowest BCUT2D eigenvalue weighted by Gasteiger charge is -2.38. The van der Waals surface area contributed by atoms with Crippen LogP contribution in [0.5, 0.6) is 0 Å². The molecular weight excluding hydrogens is 528 g/mol. The van der Waals surface area contributed by atoms with Gasteiger partial charge >= 0.3 is 0 Å². The van der Waals surface area contributed by atoms with E-state index in [2.05, 4.69) is 47.3 Å². The number of pyridine rings is 1. The lowest BCUT2D eigenvalue weighted by atomic mass is 9.72. The molecule has 2 fully saturated rings. The molecule has 0 saturated heterocycles. The van der Waals surface area contributed by atoms with E-state index in [1.807, 2.05) is 6.07 Å². The average molecular weight is 567 g/mol. The number of anilines is 1. The smallest absolute Gasteiger partial charge is 0.224 e. The summed E-state index contributed by atoms with van der Waals surface area (Å²) in [6.45, 7) is 2.09. The van der Waals surface area contributed by atoms with Gasteiger partial charge in [0.1, 0.15) is 0 Å². The first-order chi connectivity index (χ1) is 18.5. The van der Waals surface area contributed by atoms with E-state index in [9.17, 15) is 13.2 Å². The maximum Gasteiger partial charge on any atom is 0.224 e. The zero-order valence-electron chi connectivity index (χ0n) is 22.9. The number of aromatic nitrogens is 1. The van der Waals surface area contributed by atoms with E-state index >= 15 is 0 Å². The van der Waals surface area contributed by atoms with Crippen LogP contribution in [0.15, 0.2) is 47.3 Å². The quantitative estimate of drug-likeness (QED) is 0.353. The molecule has 7 nitrogen and oxygen atoms in total. The van der Waals surface area contributed by atoms with Crippen LogP contribution in [0, 0.1) is 12.8 Å². The van der Waals surface area contributed by atoms with Crippen molar-refractivity contribution in [3.63, 3.8) is 0 Å². The van der Waals surface area contributed by atoms with Crippen LogP contribution < -0.4 is 11.1 Å². The van der Waals surface area contributed by atoms with E-state index < -0.39 is 10.0 Å². The Morgan fingerprint density at radius 3 is 2.38 bits per heavy atom. The van der Waals surface area contributed by atoms with Crippen molar-refractivity contribution in [2.24, 2.45) is 11.7 Å². The third-order valence-corrected chi connectivity index (χ3v) is 10.8. The molecule has 0 spiro atoms. The Hall–Kier alpha value is -2.59. The molecule has 9 heteroatoms. The molecule has 0 atom stereocenters. The summed E-state index contributed by atoms with van der Waals surface area (Å²) in [6, 6.07) is 10.5. The van der Waals surface area contributed by atoms with Crippen molar-refractivity contribution in [1.82, 2.24) is 9.29 Å². The van der Waals surface area contributed by atoms with Crippen LogP contribution in [0.1, 0.15) is 62.5 Å². The maximum absolute atomic E-state index is 13.0. The van der Waals surface area contributed by atoms with Gasteiger partial charge < -0.3 is 11.1 Å². The molecule has 0 radical (unpaired) electrons. The minimum atomic E-state index is -3.20. The zero-order chi connectivity index (χ0) is 27.8. The number of sulfonamides is 1. The Kier molecular flexibility index (Phi) is 7.97. The summed E-state index contributed by atoms with van der Waals surface area (Å²) in [6.07, 6.45) is 9.88. The van der Waals surface area contributed by atoms with Crippen molar-refractivity contribution in [2.75, 3.05) is 18.6 Å². The highest BCUT2D eigenvalue weighted by Crippen LogP contribution is 2.40. The fraction of sp³-hybridized carbons (Fsp3) is 0.467. The fourth-order valence-electron chi connectivity index (χ4n) is 5.87. The second-order valence-electron chi connectivity index (χ2n) is 11.4. The Bertz CT molecular complexity index is 1440. The molecule has 0 aliphatic heterocycles. The highest BCUT2D eigenvalue weighted by atomic mass is 32.2. The van der Waals surface area contributed by atoms with Gasteiger partial charge in [-0.3, -0.25) is 9.78 Å². The van der Waals surface area contributed by atoms with Gasteiger partial charge in [0.25, 0.3) is 0 Å². The van der Waals surface area contributed by atoms with Gasteiger partial charge in [-0.05, 0) is 91.3 Å². The molecule has 3 N–H and O–H groups in total. The molecular formula is C30H38N4O3S2. The van der Waals surface area contributed by atoms with E-state index in [1.54, 1.807) is 24.6 Å². The summed E-state index contributed by atoms with van der Waals surface area (Å²) in [5.41, 5.74) is 13.4. The minimum Gasteiger partial charge on any atom is -0.325 e. The summed E-state index contributed by atoms with van der Waals surface area (Å²) < 4.78 is 25.2. The average Bonchev–Trinajstić information content (AvgIpc) is 3.32. The van der Waals surface area contributed by atoms with Crippen LogP contribution in [0.4, 0.5) is 5.69 Å². The molecule has 2 aromatic heterocycles. The van der Waals surface area contributed by atoms with Crippen molar-refractivity contribution >= 4 is 33.0 Å². The SMILES string of the molecule is Cc1cscc1-c1cc(NC(=O)CC2CCC(N(C)S(C)(=O)=O)CC2)cnc1-c1ccc(C2(N)CCC2)cc1. The van der Waals surface area contributed by atoms with E-state index in [0.29, 0.717) is 12.1 Å². The second-order valence-corrected chi connectivity index (χ2v) is 14.2. The topological polar surface area (TPSA) is 105 Å². The number of benzene rings is 1. The van der Waals surface area contributed by atoms with Crippen molar-refractivity contribution in [3.05, 3.63) is 58.4 Å². The van der Waals surface area contributed by atoms with Crippen molar-refractivity contribution in [2.45, 2.75) is 69.9 Å². The Morgan fingerprint density at radius 1 is 1.13 bits per heavy atom. The van der Waals surface area contributed by atoms with Gasteiger partial charge in [0, 0.05) is 36.2 Å². The van der Waals surface area contributed by atoms with Crippen LogP contribution in [-0.2, 0) is 20.4 Å². The molecule has 5 rings (SSSR count). The molecule has 0 bridgehead atoms. The Morgan fingerprint density at radius 2 is 1.82 bits per heavy atom. The summed E-state index contributed by atoms with van der Waals surface area (Å²) in [7, 11) is -1.55. The standard InChI is InChI=1S/C30H38N4O3S2/c1-20-18-38-19-27(20)26-16-24(17-32-29(26)22-7-9-23(10-8-22)30(31)13-4-14-30)33-28(35)15-21-5-11-25(12-6-21)34(2)39(3,36)37/h7-10,16-19,21,25H,4-6,11-15,31H2,1-3H3,(H,33,35). The van der Waals surface area contributed by atoms with Gasteiger partial charge in [-0.15, -0.1) is 0 Å². The number of hydrogen-bond acceptors (Lipinski definition) is 6. The summed E-state index contributed by atoms with van der Waals surface area (Å²) in [5.74, 6) is 0.218. The van der Waals surface area contributed by atoms with Gasteiger partial charge in [0.2, 0.25) is 15.9 Å². The molecule has 1 aromatic carbocycles. The molecule has 1 amide bonds. The molecule has 39 heavy (non-hydrogen) atoms. The first-order valence-electron chi connectivity index (χ1n) is 13.7. The number of carbonyl (C=O) groups is 1. The molecule has 2 heterocycles. The normalized spacial score (nSPS) is 20.9. The largest absolute Gasteiger partial charge is 0.325 e. The summed E-state index contributed by atoms with van der Waals surface area (Å²) in [5, 5.41) is 7.33. The first kappa shape index (κ1) is 28.0. The first-order valence-corrected chi connectivity index (χ1v) is 16.5. The molecule has 2 saturated carbocycles. The molecule has 3 aromatic rings. The third kappa shape index (κ3) is 6.11. The number of nitrogens with two attached hydrogens (primary N) is 1. The van der Waals surface area contributed by atoms with Crippen LogP contribution in [0.3, 0.4) is 0 Å². The van der Waals surface area contributed by atoms with Crippen molar-refractivity contribution in [1.29, 1.82) is 0 Å². The number of aryl methyl sites for hydroxylation is 1. The number of amides is 1. The summed E-state index contributed by atoms with van der Waals surface area (Å²) in [4.78, 5) is 17.8. The lowest BCUT2D eigenvalue weighted by Crippen LogP contribution is -2.43. The number of nitrogens with zero attached hydrogens (tertiary/aromatic N) is 2. The van der Waals surface area contributed by atoms with Gasteiger partial charge in [-0.2, -0.15) is 11.3 Å². The number of nitrogens with one attached hydrogen (secondary N) is 1. The van der Waals surface area contributed by atoms with Crippen LogP contribution in [0.25, 0.3) is 22.4 Å². The van der Waals surface area contributed by atoms with Crippen molar-refractivity contribution < 1.29 is 13.2 Å². The third-order valence-electron chi connectivity index (χ3n) is 8.62. The lowest BCUT2D eigenvalue weighted by molar-refractivity contribution is -0.117. The van der Waals surface area contributed by atoms with Gasteiger partial charge in [0.15, 0.2) is 0 Å². The number of rotatable bonds is 8. The van der Waals surface area contributed by atoms with Crippen LogP contribution in [0.2, 0.25) is 0 Å². The summed E-state index contributed by atoms with van der Waals surface area (Å²) >= 11 is 1.66. The van der Waals surface area contributed by atoms with E-state index in [1.165, 1.54) is 28.1 Å². The Labute approximate surface area is 235 Å². The highest BCUT2D eigenvalue weighted by molar-refractivity contribution is 7.88. The Balaban J connectivity index is 1.30. The van der Waals surface area contributed by atoms with Crippen molar-refractivity contribution in [3.8, 4) is 22.4 Å². The number of thiophene rings is 1. The molecule has 2 aliphatic carbocycles. The highest BCUT2D eigenvalue weighted by Gasteiger charge is 2.34. The number of carbonyl (C=O) groups excluding carboxylic acids is 1. The maximum atomic E-state index is 13.0. The fourth-order valence-corrected chi connectivity index (χ4v) is 7.47. The molecule has 208 valence electrons. The predicted molar refractivity (Wildman–Crippen MR) is 159 cm³/mol. The van der Waals surface area contributed by atoms with Crippen LogP contribution >= 0.6 is 11.3 Å².